The molecule has 24 heteroatoms. The van der Waals surface area contributed by atoms with Gasteiger partial charge in [0.1, 0.15) is 95.9 Å². The maximum absolute atomic E-state index is 14.2. The summed E-state index contributed by atoms with van der Waals surface area (Å²) in [5.74, 6) is -5.67. The Morgan fingerprint density at radius 2 is 1.33 bits per heavy atom. The molecule has 336 valence electrons. The third-order valence-electron chi connectivity index (χ3n) is 10.2. The molecule has 3 saturated heterocycles. The summed E-state index contributed by atoms with van der Waals surface area (Å²) in [5, 5.41) is 134. The maximum atomic E-state index is 14.2. The maximum Gasteiger partial charge on any atom is 0.333 e. The van der Waals surface area contributed by atoms with Crippen LogP contribution in [0.4, 0.5) is 0 Å². The number of fused-ring (bicyclic) bond motifs is 1. The number of hydrogen-bond donors (Lipinski definition) is 13. The SMILES string of the molecule is CC1O[C@@H](OCC2O[C@@H](Oc3c(-c4ccc(O)cc4)oc4cc(O)cc(O)c4c3=O)C(OC3OC(COC(=O)CC(O)C(=O)O)[C@H](O)[C@@H](O)C3O)[C@@H](O)[C@@H]2O)[C@@H](O)C(O)[C@H]1O. The molecule has 0 radical (unpaired) electrons. The molecule has 0 bridgehead atoms. The largest absolute Gasteiger partial charge is 0.508 e. The van der Waals surface area contributed by atoms with Crippen molar-refractivity contribution in [3.8, 4) is 34.3 Å². The van der Waals surface area contributed by atoms with Crippen LogP contribution in [0.15, 0.2) is 45.6 Å². The number of aromatic hydroxyl groups is 3. The van der Waals surface area contributed by atoms with Gasteiger partial charge < -0.3 is 104 Å². The van der Waals surface area contributed by atoms with Crippen molar-refractivity contribution in [2.45, 2.75) is 112 Å². The molecular formula is C37H44O24. The fourth-order valence-electron chi connectivity index (χ4n) is 6.72. The highest BCUT2D eigenvalue weighted by Gasteiger charge is 2.53. The van der Waals surface area contributed by atoms with E-state index in [9.17, 15) is 75.7 Å². The number of aliphatic carboxylic acids is 1. The van der Waals surface area contributed by atoms with Crippen LogP contribution in [0, 0.1) is 0 Å². The van der Waals surface area contributed by atoms with Crippen molar-refractivity contribution >= 4 is 22.9 Å². The van der Waals surface area contributed by atoms with Gasteiger partial charge in [-0.2, -0.15) is 0 Å². The number of carbonyl (C=O) groups is 2. The van der Waals surface area contributed by atoms with E-state index in [1.54, 1.807) is 0 Å². The zero-order valence-electron chi connectivity index (χ0n) is 31.6. The van der Waals surface area contributed by atoms with E-state index in [2.05, 4.69) is 0 Å². The van der Waals surface area contributed by atoms with E-state index in [4.69, 9.17) is 42.7 Å². The first-order valence-electron chi connectivity index (χ1n) is 18.5. The van der Waals surface area contributed by atoms with E-state index < -0.39 is 164 Å². The average Bonchev–Trinajstić information content (AvgIpc) is 3.21. The summed E-state index contributed by atoms with van der Waals surface area (Å²) in [4.78, 5) is 37.2. The van der Waals surface area contributed by atoms with Crippen LogP contribution in [0.3, 0.4) is 0 Å². The molecule has 1 aromatic heterocycles. The number of carboxylic acid groups (broad SMARTS) is 1. The Labute approximate surface area is 342 Å². The highest BCUT2D eigenvalue weighted by molar-refractivity contribution is 5.88. The number of carbonyl (C=O) groups excluding carboxylic acids is 1. The molecule has 0 amide bonds. The number of phenolic OH excluding ortho intramolecular Hbond substituents is 3. The number of ether oxygens (including phenoxy) is 7. The van der Waals surface area contributed by atoms with Crippen molar-refractivity contribution in [1.29, 1.82) is 0 Å². The van der Waals surface area contributed by atoms with Crippen molar-refractivity contribution in [1.82, 2.24) is 0 Å². The summed E-state index contributed by atoms with van der Waals surface area (Å²) in [6.07, 6.45) is -31.1. The van der Waals surface area contributed by atoms with Crippen LogP contribution >= 0.6 is 0 Å². The number of benzene rings is 2. The average molecular weight is 873 g/mol. The van der Waals surface area contributed by atoms with Gasteiger partial charge >= 0.3 is 11.9 Å². The predicted molar refractivity (Wildman–Crippen MR) is 193 cm³/mol. The molecule has 2 aromatic carbocycles. The third kappa shape index (κ3) is 9.67. The molecule has 16 atom stereocenters. The summed E-state index contributed by atoms with van der Waals surface area (Å²) in [6.45, 7) is -0.307. The van der Waals surface area contributed by atoms with Crippen molar-refractivity contribution in [2.24, 2.45) is 0 Å². The van der Waals surface area contributed by atoms with Gasteiger partial charge in [-0.1, -0.05) is 0 Å². The van der Waals surface area contributed by atoms with Crippen molar-refractivity contribution in [2.75, 3.05) is 13.2 Å². The summed E-state index contributed by atoms with van der Waals surface area (Å²) in [5.41, 5.74) is -1.40. The molecule has 61 heavy (non-hydrogen) atoms. The Hall–Kier alpha value is -4.77. The van der Waals surface area contributed by atoms with Gasteiger partial charge in [0.15, 0.2) is 30.5 Å². The van der Waals surface area contributed by atoms with Gasteiger partial charge in [0, 0.05) is 17.7 Å². The Kier molecular flexibility index (Phi) is 14.0. The fourth-order valence-corrected chi connectivity index (χ4v) is 6.72. The molecule has 3 fully saturated rings. The normalized spacial score (nSPS) is 34.8. The topological polar surface area (TPSA) is 392 Å². The van der Waals surface area contributed by atoms with Crippen molar-refractivity contribution in [3.05, 3.63) is 46.6 Å². The Balaban J connectivity index is 1.35. The van der Waals surface area contributed by atoms with E-state index in [0.717, 1.165) is 12.1 Å². The van der Waals surface area contributed by atoms with Gasteiger partial charge in [-0.15, -0.1) is 0 Å². The number of aliphatic hydroxyl groups excluding tert-OH is 9. The van der Waals surface area contributed by atoms with Gasteiger partial charge in [-0.25, -0.2) is 4.79 Å². The molecule has 3 aliphatic rings. The first-order valence-corrected chi connectivity index (χ1v) is 18.5. The Morgan fingerprint density at radius 1 is 0.721 bits per heavy atom. The number of hydrogen-bond acceptors (Lipinski definition) is 23. The van der Waals surface area contributed by atoms with Gasteiger partial charge in [0.05, 0.1) is 19.1 Å². The Morgan fingerprint density at radius 3 is 2.00 bits per heavy atom. The van der Waals surface area contributed by atoms with Crippen LogP contribution in [0.25, 0.3) is 22.3 Å². The zero-order valence-corrected chi connectivity index (χ0v) is 31.6. The van der Waals surface area contributed by atoms with Crippen LogP contribution in [-0.4, -0.2) is 190 Å². The van der Waals surface area contributed by atoms with Crippen LogP contribution in [-0.2, 0) is 38.0 Å². The summed E-state index contributed by atoms with van der Waals surface area (Å²) < 4.78 is 45.1. The van der Waals surface area contributed by atoms with E-state index in [0.29, 0.717) is 0 Å². The van der Waals surface area contributed by atoms with Crippen molar-refractivity contribution in [3.63, 3.8) is 0 Å². The molecule has 0 saturated carbocycles. The minimum absolute atomic E-state index is 0.0538. The molecular weight excluding hydrogens is 828 g/mol. The van der Waals surface area contributed by atoms with E-state index >= 15 is 0 Å². The highest BCUT2D eigenvalue weighted by atomic mass is 16.8. The van der Waals surface area contributed by atoms with Crippen LogP contribution in [0.2, 0.25) is 0 Å². The smallest absolute Gasteiger partial charge is 0.333 e. The second-order valence-corrected chi connectivity index (χ2v) is 14.5. The summed E-state index contributed by atoms with van der Waals surface area (Å²) >= 11 is 0. The zero-order chi connectivity index (χ0) is 44.6. The van der Waals surface area contributed by atoms with E-state index in [1.807, 2.05) is 0 Å². The fraction of sp³-hybridized carbons (Fsp3) is 0.541. The number of esters is 1. The minimum Gasteiger partial charge on any atom is -0.508 e. The van der Waals surface area contributed by atoms with Gasteiger partial charge in [0.2, 0.25) is 17.5 Å². The van der Waals surface area contributed by atoms with Gasteiger partial charge in [-0.05, 0) is 31.2 Å². The van der Waals surface area contributed by atoms with E-state index in [-0.39, 0.29) is 16.9 Å². The third-order valence-corrected chi connectivity index (χ3v) is 10.2. The monoisotopic (exact) mass is 872 g/mol. The van der Waals surface area contributed by atoms with E-state index in [1.165, 1.54) is 31.2 Å². The number of carboxylic acids is 1. The molecule has 4 heterocycles. The lowest BCUT2D eigenvalue weighted by Crippen LogP contribution is -2.65. The molecule has 6 rings (SSSR count). The molecule has 24 nitrogen and oxygen atoms in total. The lowest BCUT2D eigenvalue weighted by molar-refractivity contribution is -0.362. The molecule has 3 aromatic rings. The molecule has 0 aliphatic carbocycles. The number of rotatable bonds is 13. The van der Waals surface area contributed by atoms with Gasteiger partial charge in [0.25, 0.3) is 0 Å². The molecule has 13 N–H and O–H groups in total. The second-order valence-electron chi connectivity index (χ2n) is 14.5. The lowest BCUT2D eigenvalue weighted by atomic mass is 9.97. The highest BCUT2D eigenvalue weighted by Crippen LogP contribution is 2.39. The van der Waals surface area contributed by atoms with Crippen LogP contribution < -0.4 is 10.2 Å². The lowest BCUT2D eigenvalue weighted by Gasteiger charge is -2.46. The van der Waals surface area contributed by atoms with Crippen molar-refractivity contribution < 1.29 is 114 Å². The van der Waals surface area contributed by atoms with Gasteiger partial charge in [-0.3, -0.25) is 9.59 Å². The molecule has 0 spiro atoms. The summed E-state index contributed by atoms with van der Waals surface area (Å²) in [7, 11) is 0. The van der Waals surface area contributed by atoms with Crippen LogP contribution in [0.5, 0.6) is 23.0 Å². The quantitative estimate of drug-likeness (QED) is 0.0724. The predicted octanol–water partition coefficient (Wildman–Crippen LogP) is -4.18. The number of phenols is 3. The molecule has 8 unspecified atom stereocenters. The molecule has 3 aliphatic heterocycles. The Bertz CT molecular complexity index is 2080. The minimum atomic E-state index is -2.18. The first-order chi connectivity index (χ1) is 28.8. The number of aliphatic hydroxyl groups is 9. The standard InChI is InChI=1S/C37H44O24/c1-11-22(43)26(47)29(50)35(56-11)55-10-19-24(45)28(49)33(61-36-30(51)27(48)23(44)18(58-36)9-54-20(42)8-16(41)34(52)53)37(59-19)60-32-25(46)21-15(40)6-14(39)7-17(21)57-31(32)12-2-4-13(38)5-3-12/h2-7,11,16,18-19,22-24,26-30,33,35-41,43-45,47-51H,8-10H2,1H3,(H,52,53)/t11?,16?,18?,19?,22-,23-,24+,26?,27+,28-,29-,30?,33?,35+,36?,37-/m0/s1. The summed E-state index contributed by atoms with van der Waals surface area (Å²) in [6, 6.07) is 6.82. The first kappa shape index (κ1) is 45.7. The van der Waals surface area contributed by atoms with Crippen LogP contribution in [0.1, 0.15) is 13.3 Å². The second kappa shape index (κ2) is 18.7.